The number of primary amides is 1. The number of hydrogen-bond acceptors (Lipinski definition) is 3. The summed E-state index contributed by atoms with van der Waals surface area (Å²) >= 11 is 0. The van der Waals surface area contributed by atoms with Crippen molar-refractivity contribution in [2.75, 3.05) is 11.4 Å². The summed E-state index contributed by atoms with van der Waals surface area (Å²) in [5, 5.41) is 0. The first-order valence-corrected chi connectivity index (χ1v) is 7.32. The molecule has 1 fully saturated rings. The minimum Gasteiger partial charge on any atom is -0.366 e. The van der Waals surface area contributed by atoms with Gasteiger partial charge < -0.3 is 10.6 Å². The van der Waals surface area contributed by atoms with E-state index in [0.29, 0.717) is 17.5 Å². The fourth-order valence-electron chi connectivity index (χ4n) is 3.03. The Morgan fingerprint density at radius 3 is 2.59 bits per heavy atom. The first kappa shape index (κ1) is 14.5. The molecule has 2 atom stereocenters. The van der Waals surface area contributed by atoms with Gasteiger partial charge in [0.05, 0.1) is 5.56 Å². The highest BCUT2D eigenvalue weighted by Gasteiger charge is 2.30. The van der Waals surface area contributed by atoms with Crippen LogP contribution in [0.15, 0.2) is 42.6 Å². The van der Waals surface area contributed by atoms with E-state index in [9.17, 15) is 9.18 Å². The summed E-state index contributed by atoms with van der Waals surface area (Å²) in [6.45, 7) is 2.98. The maximum atomic E-state index is 13.0. The minimum atomic E-state index is -0.474. The molecule has 0 bridgehead atoms. The summed E-state index contributed by atoms with van der Waals surface area (Å²) in [5.74, 6) is 0.503. The van der Waals surface area contributed by atoms with Crippen molar-refractivity contribution in [2.45, 2.75) is 25.3 Å². The molecule has 0 aliphatic carbocycles. The molecule has 2 heterocycles. The highest BCUT2D eigenvalue weighted by atomic mass is 19.1. The van der Waals surface area contributed by atoms with Crippen molar-refractivity contribution in [3.63, 3.8) is 0 Å². The molecule has 1 saturated heterocycles. The predicted molar refractivity (Wildman–Crippen MR) is 83.3 cm³/mol. The molecule has 1 aromatic carbocycles. The molecule has 2 aromatic rings. The summed E-state index contributed by atoms with van der Waals surface area (Å²) in [4.78, 5) is 17.6. The topological polar surface area (TPSA) is 59.2 Å². The van der Waals surface area contributed by atoms with Gasteiger partial charge in [-0.25, -0.2) is 9.37 Å². The summed E-state index contributed by atoms with van der Waals surface area (Å²) in [5.41, 5.74) is 6.78. The molecule has 1 aliphatic heterocycles. The summed E-state index contributed by atoms with van der Waals surface area (Å²) in [6, 6.07) is 10.6. The van der Waals surface area contributed by atoms with Crippen molar-refractivity contribution in [1.82, 2.24) is 4.98 Å². The molecule has 22 heavy (non-hydrogen) atoms. The molecule has 4 nitrogen and oxygen atoms in total. The van der Waals surface area contributed by atoms with Crippen molar-refractivity contribution in [1.29, 1.82) is 0 Å². The molecule has 2 N–H and O–H groups in total. The molecule has 1 amide bonds. The van der Waals surface area contributed by atoms with Gasteiger partial charge in [0, 0.05) is 24.7 Å². The molecule has 0 saturated carbocycles. The number of nitrogens with two attached hydrogens (primary N) is 1. The van der Waals surface area contributed by atoms with Crippen molar-refractivity contribution in [3.8, 4) is 0 Å². The lowest BCUT2D eigenvalue weighted by molar-refractivity contribution is 0.1000. The molecule has 0 spiro atoms. The van der Waals surface area contributed by atoms with Crippen LogP contribution < -0.4 is 10.6 Å². The number of anilines is 1. The van der Waals surface area contributed by atoms with E-state index in [1.54, 1.807) is 6.07 Å². The van der Waals surface area contributed by atoms with E-state index in [1.807, 2.05) is 18.2 Å². The lowest BCUT2D eigenvalue weighted by atomic mass is 9.97. The van der Waals surface area contributed by atoms with Gasteiger partial charge >= 0.3 is 0 Å². The van der Waals surface area contributed by atoms with Gasteiger partial charge in [-0.3, -0.25) is 4.79 Å². The monoisotopic (exact) mass is 299 g/mol. The van der Waals surface area contributed by atoms with E-state index in [0.717, 1.165) is 24.3 Å². The van der Waals surface area contributed by atoms with E-state index < -0.39 is 5.91 Å². The van der Waals surface area contributed by atoms with Crippen LogP contribution in [0, 0.1) is 5.82 Å². The number of aromatic nitrogens is 1. The second-order valence-electron chi connectivity index (χ2n) is 5.75. The highest BCUT2D eigenvalue weighted by molar-refractivity contribution is 5.92. The van der Waals surface area contributed by atoms with Crippen LogP contribution in [-0.2, 0) is 0 Å². The maximum absolute atomic E-state index is 13.0. The van der Waals surface area contributed by atoms with Gasteiger partial charge in [0.1, 0.15) is 11.6 Å². The highest BCUT2D eigenvalue weighted by Crippen LogP contribution is 2.34. The lowest BCUT2D eigenvalue weighted by Crippen LogP contribution is -2.27. The molecular weight excluding hydrogens is 281 g/mol. The fourth-order valence-corrected chi connectivity index (χ4v) is 3.03. The normalized spacial score (nSPS) is 21.1. The van der Waals surface area contributed by atoms with E-state index in [2.05, 4.69) is 16.8 Å². The van der Waals surface area contributed by atoms with E-state index >= 15 is 0 Å². The average molecular weight is 299 g/mol. The Labute approximate surface area is 128 Å². The Morgan fingerprint density at radius 1 is 1.27 bits per heavy atom. The zero-order valence-electron chi connectivity index (χ0n) is 12.4. The lowest BCUT2D eigenvalue weighted by Gasteiger charge is -2.22. The molecule has 2 unspecified atom stereocenters. The standard InChI is InChI=1S/C17H18FN3O/c1-11-8-14(12-2-5-15(18)6-3-12)10-21(11)16-7-4-13(9-20-16)17(19)22/h2-7,9,11,14H,8,10H2,1H3,(H2,19,22). The number of halogens is 1. The third-order valence-electron chi connectivity index (χ3n) is 4.24. The zero-order chi connectivity index (χ0) is 15.7. The number of pyridine rings is 1. The van der Waals surface area contributed by atoms with Gasteiger partial charge in [-0.1, -0.05) is 12.1 Å². The van der Waals surface area contributed by atoms with Crippen LogP contribution in [0.1, 0.15) is 35.2 Å². The summed E-state index contributed by atoms with van der Waals surface area (Å²) in [6.07, 6.45) is 2.50. The van der Waals surface area contributed by atoms with Crippen LogP contribution >= 0.6 is 0 Å². The van der Waals surface area contributed by atoms with Crippen LogP contribution in [0.4, 0.5) is 10.2 Å². The van der Waals surface area contributed by atoms with Gasteiger partial charge in [-0.15, -0.1) is 0 Å². The average Bonchev–Trinajstić information content (AvgIpc) is 2.90. The van der Waals surface area contributed by atoms with Gasteiger partial charge in [-0.05, 0) is 43.2 Å². The van der Waals surface area contributed by atoms with Crippen LogP contribution in [0.3, 0.4) is 0 Å². The van der Waals surface area contributed by atoms with Crippen molar-refractivity contribution in [3.05, 3.63) is 59.5 Å². The summed E-state index contributed by atoms with van der Waals surface area (Å²) in [7, 11) is 0. The summed E-state index contributed by atoms with van der Waals surface area (Å²) < 4.78 is 13.0. The van der Waals surface area contributed by atoms with Crippen molar-refractivity contribution >= 4 is 11.7 Å². The molecule has 3 rings (SSSR count). The Morgan fingerprint density at radius 2 is 2.00 bits per heavy atom. The van der Waals surface area contributed by atoms with Gasteiger partial charge in [0.25, 0.3) is 0 Å². The number of amides is 1. The first-order chi connectivity index (χ1) is 10.5. The quantitative estimate of drug-likeness (QED) is 0.948. The third-order valence-corrected chi connectivity index (χ3v) is 4.24. The number of rotatable bonds is 3. The zero-order valence-corrected chi connectivity index (χ0v) is 12.4. The molecule has 1 aromatic heterocycles. The Kier molecular flexibility index (Phi) is 3.79. The van der Waals surface area contributed by atoms with Crippen molar-refractivity contribution < 1.29 is 9.18 Å². The third kappa shape index (κ3) is 2.79. The smallest absolute Gasteiger partial charge is 0.250 e. The van der Waals surface area contributed by atoms with Crippen LogP contribution in [0.25, 0.3) is 0 Å². The van der Waals surface area contributed by atoms with Crippen LogP contribution in [-0.4, -0.2) is 23.5 Å². The van der Waals surface area contributed by atoms with Gasteiger partial charge in [0.2, 0.25) is 5.91 Å². The number of benzene rings is 1. The van der Waals surface area contributed by atoms with E-state index in [1.165, 1.54) is 18.3 Å². The van der Waals surface area contributed by atoms with E-state index in [-0.39, 0.29) is 5.82 Å². The molecular formula is C17H18FN3O. The molecule has 5 heteroatoms. The molecule has 114 valence electrons. The Balaban J connectivity index is 1.78. The largest absolute Gasteiger partial charge is 0.366 e. The van der Waals surface area contributed by atoms with Crippen molar-refractivity contribution in [2.24, 2.45) is 5.73 Å². The SMILES string of the molecule is CC1CC(c2ccc(F)cc2)CN1c1ccc(C(N)=O)cn1. The van der Waals surface area contributed by atoms with Gasteiger partial charge in [0.15, 0.2) is 0 Å². The molecule has 1 aliphatic rings. The van der Waals surface area contributed by atoms with Gasteiger partial charge in [-0.2, -0.15) is 0 Å². The number of carbonyl (C=O) groups excluding carboxylic acids is 1. The molecule has 0 radical (unpaired) electrons. The minimum absolute atomic E-state index is 0.213. The van der Waals surface area contributed by atoms with Crippen LogP contribution in [0.5, 0.6) is 0 Å². The fraction of sp³-hybridized carbons (Fsp3) is 0.294. The number of hydrogen-bond donors (Lipinski definition) is 1. The first-order valence-electron chi connectivity index (χ1n) is 7.32. The Bertz CT molecular complexity index is 669. The second kappa shape index (κ2) is 5.75. The predicted octanol–water partition coefficient (Wildman–Crippen LogP) is 2.70. The Hall–Kier alpha value is -2.43. The second-order valence-corrected chi connectivity index (χ2v) is 5.75. The van der Waals surface area contributed by atoms with E-state index in [4.69, 9.17) is 5.73 Å². The van der Waals surface area contributed by atoms with Crippen LogP contribution in [0.2, 0.25) is 0 Å². The number of nitrogens with zero attached hydrogens (tertiary/aromatic N) is 2. The maximum Gasteiger partial charge on any atom is 0.250 e. The number of carbonyl (C=O) groups is 1.